The minimum Gasteiger partial charge on any atom is -0.338 e. The molecule has 2 rings (SSSR count). The summed E-state index contributed by atoms with van der Waals surface area (Å²) in [5.41, 5.74) is 0. The van der Waals surface area contributed by atoms with Crippen LogP contribution >= 0.6 is 0 Å². The second-order valence-electron chi connectivity index (χ2n) is 4.45. The number of aromatic nitrogens is 2. The maximum atomic E-state index is 5.17. The summed E-state index contributed by atoms with van der Waals surface area (Å²) in [7, 11) is 2.12. The van der Waals surface area contributed by atoms with Crippen molar-refractivity contribution < 1.29 is 4.52 Å². The van der Waals surface area contributed by atoms with Gasteiger partial charge in [0.1, 0.15) is 0 Å². The van der Waals surface area contributed by atoms with Crippen LogP contribution in [0.5, 0.6) is 0 Å². The van der Waals surface area contributed by atoms with Gasteiger partial charge in [-0.25, -0.2) is 0 Å². The predicted octanol–water partition coefficient (Wildman–Crippen LogP) is 1.86. The van der Waals surface area contributed by atoms with Gasteiger partial charge in [0.2, 0.25) is 5.89 Å². The van der Waals surface area contributed by atoms with Crippen LogP contribution in [0.25, 0.3) is 0 Å². The van der Waals surface area contributed by atoms with Crippen LogP contribution in [-0.4, -0.2) is 28.1 Å². The second kappa shape index (κ2) is 4.31. The van der Waals surface area contributed by atoms with Crippen molar-refractivity contribution in [3.63, 3.8) is 0 Å². The van der Waals surface area contributed by atoms with Crippen molar-refractivity contribution in [1.29, 1.82) is 0 Å². The lowest BCUT2D eigenvalue weighted by atomic mass is 10.2. The van der Waals surface area contributed by atoms with Crippen LogP contribution in [0.1, 0.15) is 38.4 Å². The Balaban J connectivity index is 1.89. The lowest BCUT2D eigenvalue weighted by Gasteiger charge is -2.22. The van der Waals surface area contributed by atoms with Crippen molar-refractivity contribution >= 4 is 0 Å². The van der Waals surface area contributed by atoms with Crippen molar-refractivity contribution in [2.75, 3.05) is 7.05 Å². The third-order valence-corrected chi connectivity index (χ3v) is 3.21. The van der Waals surface area contributed by atoms with Crippen molar-refractivity contribution in [3.8, 4) is 0 Å². The molecule has 1 heterocycles. The highest BCUT2D eigenvalue weighted by Gasteiger charge is 2.30. The molecule has 84 valence electrons. The molecular weight excluding hydrogens is 190 g/mol. The first kappa shape index (κ1) is 10.6. The summed E-state index contributed by atoms with van der Waals surface area (Å²) in [6.45, 7) is 5.07. The van der Waals surface area contributed by atoms with Gasteiger partial charge in [0.15, 0.2) is 5.82 Å². The molecule has 1 aromatic heterocycles. The van der Waals surface area contributed by atoms with Gasteiger partial charge in [-0.15, -0.1) is 0 Å². The molecule has 0 aliphatic heterocycles. The van der Waals surface area contributed by atoms with Crippen molar-refractivity contribution in [2.45, 2.75) is 45.7 Å². The average Bonchev–Trinajstić information content (AvgIpc) is 2.98. The molecule has 4 nitrogen and oxygen atoms in total. The van der Waals surface area contributed by atoms with Crippen LogP contribution < -0.4 is 0 Å². The Labute approximate surface area is 90.7 Å². The molecule has 0 amide bonds. The zero-order valence-corrected chi connectivity index (χ0v) is 9.73. The fraction of sp³-hybridized carbons (Fsp3) is 0.818. The van der Waals surface area contributed by atoms with E-state index in [9.17, 15) is 0 Å². The molecule has 0 saturated heterocycles. The Hall–Kier alpha value is -0.900. The van der Waals surface area contributed by atoms with E-state index in [1.54, 1.807) is 0 Å². The Kier molecular flexibility index (Phi) is 3.05. The van der Waals surface area contributed by atoms with Crippen LogP contribution in [0, 0.1) is 5.92 Å². The summed E-state index contributed by atoms with van der Waals surface area (Å²) >= 11 is 0. The summed E-state index contributed by atoms with van der Waals surface area (Å²) in [6.07, 6.45) is 3.58. The van der Waals surface area contributed by atoms with E-state index in [0.29, 0.717) is 6.04 Å². The molecule has 1 aromatic rings. The van der Waals surface area contributed by atoms with Gasteiger partial charge in [0.25, 0.3) is 0 Å². The minimum atomic E-state index is 0.627. The molecule has 1 atom stereocenters. The monoisotopic (exact) mass is 209 g/mol. The third-order valence-electron chi connectivity index (χ3n) is 3.21. The first-order valence-corrected chi connectivity index (χ1v) is 5.72. The van der Waals surface area contributed by atoms with E-state index in [2.05, 4.69) is 29.0 Å². The molecule has 4 heteroatoms. The molecule has 1 aliphatic rings. The van der Waals surface area contributed by atoms with Gasteiger partial charge >= 0.3 is 0 Å². The zero-order chi connectivity index (χ0) is 10.8. The first-order valence-electron chi connectivity index (χ1n) is 5.72. The summed E-state index contributed by atoms with van der Waals surface area (Å²) in [6, 6.07) is 0.627. The van der Waals surface area contributed by atoms with E-state index in [0.717, 1.165) is 30.6 Å². The molecule has 15 heavy (non-hydrogen) atoms. The largest absolute Gasteiger partial charge is 0.338 e. The molecule has 1 unspecified atom stereocenters. The molecular formula is C11H19N3O. The molecule has 1 aliphatic carbocycles. The van der Waals surface area contributed by atoms with Gasteiger partial charge in [-0.05, 0) is 32.7 Å². The van der Waals surface area contributed by atoms with Crippen LogP contribution in [0.3, 0.4) is 0 Å². The Morgan fingerprint density at radius 2 is 2.27 bits per heavy atom. The van der Waals surface area contributed by atoms with Gasteiger partial charge in [-0.2, -0.15) is 4.98 Å². The number of nitrogens with zero attached hydrogens (tertiary/aromatic N) is 3. The van der Waals surface area contributed by atoms with Gasteiger partial charge in [0, 0.05) is 12.5 Å². The van der Waals surface area contributed by atoms with E-state index in [-0.39, 0.29) is 0 Å². The van der Waals surface area contributed by atoms with Crippen molar-refractivity contribution in [2.24, 2.45) is 5.92 Å². The first-order chi connectivity index (χ1) is 7.20. The van der Waals surface area contributed by atoms with Gasteiger partial charge in [-0.3, -0.25) is 4.90 Å². The summed E-state index contributed by atoms with van der Waals surface area (Å²) in [5, 5.41) is 3.89. The van der Waals surface area contributed by atoms with Gasteiger partial charge in [0.05, 0.1) is 6.54 Å². The quantitative estimate of drug-likeness (QED) is 0.742. The van der Waals surface area contributed by atoms with Crippen LogP contribution in [-0.2, 0) is 13.0 Å². The van der Waals surface area contributed by atoms with Crippen LogP contribution in [0.2, 0.25) is 0 Å². The van der Waals surface area contributed by atoms with Gasteiger partial charge < -0.3 is 4.52 Å². The molecule has 1 fully saturated rings. The van der Waals surface area contributed by atoms with Crippen molar-refractivity contribution in [3.05, 3.63) is 11.7 Å². The molecule has 0 aromatic carbocycles. The second-order valence-corrected chi connectivity index (χ2v) is 4.45. The highest BCUT2D eigenvalue weighted by molar-refractivity contribution is 4.89. The minimum absolute atomic E-state index is 0.627. The average molecular weight is 209 g/mol. The Morgan fingerprint density at radius 1 is 1.53 bits per heavy atom. The third kappa shape index (κ3) is 2.56. The van der Waals surface area contributed by atoms with E-state index < -0.39 is 0 Å². The predicted molar refractivity (Wildman–Crippen MR) is 57.3 cm³/mol. The Morgan fingerprint density at radius 3 is 2.80 bits per heavy atom. The fourth-order valence-corrected chi connectivity index (χ4v) is 1.79. The standard InChI is InChI=1S/C11H19N3O/c1-4-10-12-11(15-13-10)7-14(3)8(2)9-5-6-9/h8-9H,4-7H2,1-3H3. The van der Waals surface area contributed by atoms with Crippen LogP contribution in [0.4, 0.5) is 0 Å². The normalized spacial score (nSPS) is 18.4. The van der Waals surface area contributed by atoms with E-state index in [1.807, 2.05) is 6.92 Å². The molecule has 1 saturated carbocycles. The fourth-order valence-electron chi connectivity index (χ4n) is 1.79. The topological polar surface area (TPSA) is 42.2 Å². The van der Waals surface area contributed by atoms with Gasteiger partial charge in [-0.1, -0.05) is 12.1 Å². The summed E-state index contributed by atoms with van der Waals surface area (Å²) in [5.74, 6) is 2.42. The van der Waals surface area contributed by atoms with Crippen LogP contribution in [0.15, 0.2) is 4.52 Å². The number of hydrogen-bond acceptors (Lipinski definition) is 4. The number of aryl methyl sites for hydroxylation is 1. The number of hydrogen-bond donors (Lipinski definition) is 0. The molecule has 0 spiro atoms. The summed E-state index contributed by atoms with van der Waals surface area (Å²) < 4.78 is 5.17. The lowest BCUT2D eigenvalue weighted by molar-refractivity contribution is 0.197. The van der Waals surface area contributed by atoms with E-state index >= 15 is 0 Å². The lowest BCUT2D eigenvalue weighted by Crippen LogP contribution is -2.30. The molecule has 0 bridgehead atoms. The summed E-state index contributed by atoms with van der Waals surface area (Å²) in [4.78, 5) is 6.61. The zero-order valence-electron chi connectivity index (χ0n) is 9.73. The maximum absolute atomic E-state index is 5.17. The van der Waals surface area contributed by atoms with E-state index in [4.69, 9.17) is 4.52 Å². The Bertz CT molecular complexity index is 319. The highest BCUT2D eigenvalue weighted by Crippen LogP contribution is 2.34. The van der Waals surface area contributed by atoms with Crippen molar-refractivity contribution in [1.82, 2.24) is 15.0 Å². The molecule has 0 N–H and O–H groups in total. The SMILES string of the molecule is CCc1noc(CN(C)C(C)C2CC2)n1. The smallest absolute Gasteiger partial charge is 0.240 e. The maximum Gasteiger partial charge on any atom is 0.240 e. The molecule has 0 radical (unpaired) electrons. The van der Waals surface area contributed by atoms with E-state index in [1.165, 1.54) is 12.8 Å². The highest BCUT2D eigenvalue weighted by atomic mass is 16.5. The number of rotatable bonds is 5.